The fraction of sp³-hybridized carbons (Fsp3) is 0.946. The van der Waals surface area contributed by atoms with Crippen LogP contribution in [0, 0.1) is 23.7 Å². The summed E-state index contributed by atoms with van der Waals surface area (Å²) in [4.78, 5) is 72.6. The minimum atomic E-state index is -4.95. The van der Waals surface area contributed by atoms with Crippen molar-refractivity contribution in [1.82, 2.24) is 0 Å². The first-order valence-corrected chi connectivity index (χ1v) is 41.3. The van der Waals surface area contributed by atoms with Gasteiger partial charge in [0.15, 0.2) is 12.2 Å². The summed E-state index contributed by atoms with van der Waals surface area (Å²) in [6.07, 6.45) is 47.5. The lowest BCUT2D eigenvalue weighted by atomic mass is 9.99. The molecule has 552 valence electrons. The van der Waals surface area contributed by atoms with E-state index in [1.54, 1.807) is 0 Å². The molecule has 0 aliphatic carbocycles. The van der Waals surface area contributed by atoms with Crippen molar-refractivity contribution in [1.29, 1.82) is 0 Å². The normalized spacial score (nSPS) is 14.8. The van der Waals surface area contributed by atoms with Crippen LogP contribution < -0.4 is 0 Å². The van der Waals surface area contributed by atoms with E-state index in [9.17, 15) is 43.2 Å². The highest BCUT2D eigenvalue weighted by Crippen LogP contribution is 2.45. The van der Waals surface area contributed by atoms with Gasteiger partial charge in [-0.15, -0.1) is 0 Å². The summed E-state index contributed by atoms with van der Waals surface area (Å²) in [5.74, 6) is 0.892. The predicted octanol–water partition coefficient (Wildman–Crippen LogP) is 21.3. The van der Waals surface area contributed by atoms with E-state index in [0.717, 1.165) is 108 Å². The van der Waals surface area contributed by atoms with Crippen molar-refractivity contribution < 1.29 is 80.2 Å². The zero-order valence-electron chi connectivity index (χ0n) is 60.9. The van der Waals surface area contributed by atoms with Gasteiger partial charge in [-0.3, -0.25) is 37.3 Å². The Bertz CT molecular complexity index is 1840. The summed E-state index contributed by atoms with van der Waals surface area (Å²) >= 11 is 0. The van der Waals surface area contributed by atoms with Gasteiger partial charge in [0, 0.05) is 25.7 Å². The van der Waals surface area contributed by atoms with E-state index in [1.165, 1.54) is 167 Å². The van der Waals surface area contributed by atoms with Gasteiger partial charge in [0.05, 0.1) is 26.4 Å². The number of carbonyl (C=O) groups excluding carboxylic acids is 4. The average molecular weight is 1370 g/mol. The first-order valence-electron chi connectivity index (χ1n) is 38.3. The Morgan fingerprint density at radius 2 is 0.516 bits per heavy atom. The number of phosphoric ester groups is 2. The van der Waals surface area contributed by atoms with Gasteiger partial charge in [0.25, 0.3) is 0 Å². The lowest BCUT2D eigenvalue weighted by Gasteiger charge is -2.21. The molecule has 17 nitrogen and oxygen atoms in total. The highest BCUT2D eigenvalue weighted by molar-refractivity contribution is 7.47. The van der Waals surface area contributed by atoms with Gasteiger partial charge in [0.1, 0.15) is 19.3 Å². The molecule has 0 saturated heterocycles. The highest BCUT2D eigenvalue weighted by atomic mass is 31.2. The van der Waals surface area contributed by atoms with Crippen LogP contribution >= 0.6 is 15.6 Å². The first kappa shape index (κ1) is 91.1. The summed E-state index contributed by atoms with van der Waals surface area (Å²) in [6, 6.07) is 0. The summed E-state index contributed by atoms with van der Waals surface area (Å²) < 4.78 is 68.3. The molecule has 0 amide bonds. The molecule has 0 bridgehead atoms. The quantitative estimate of drug-likeness (QED) is 0.0222. The second-order valence-corrected chi connectivity index (χ2v) is 31.0. The zero-order chi connectivity index (χ0) is 68.9. The standard InChI is InChI=1S/C74H144O17P2/c1-9-66(7)52-44-36-27-21-19-17-15-13-11-12-14-16-18-20-22-30-40-48-56-73(78)90-69(60-85-72(77)55-47-39-31-25-26-34-42-50-64(3)4)62-88-92(80,81)86-58-68(75)59-87-93(82,83)89-63-70(91-74(79)57-49-41-33-32-35-43-51-65(5)6)61-84-71(76)54-46-38-29-24-23-28-37-45-53-67(8)10-2/h64-70,75H,9-63H2,1-8H3,(H,80,81)(H,82,83)/t66?,67?,68?,69-,70-/m1/s1. The lowest BCUT2D eigenvalue weighted by molar-refractivity contribution is -0.161. The van der Waals surface area contributed by atoms with Gasteiger partial charge in [-0.1, -0.05) is 319 Å². The van der Waals surface area contributed by atoms with Crippen molar-refractivity contribution in [3.63, 3.8) is 0 Å². The predicted molar refractivity (Wildman–Crippen MR) is 377 cm³/mol. The Labute approximate surface area is 568 Å². The Morgan fingerprint density at radius 3 is 0.763 bits per heavy atom. The van der Waals surface area contributed by atoms with Crippen molar-refractivity contribution in [3.8, 4) is 0 Å². The van der Waals surface area contributed by atoms with Crippen LogP contribution in [0.3, 0.4) is 0 Å². The van der Waals surface area contributed by atoms with E-state index < -0.39 is 97.5 Å². The van der Waals surface area contributed by atoms with Crippen LogP contribution in [0.2, 0.25) is 0 Å². The first-order chi connectivity index (χ1) is 44.7. The van der Waals surface area contributed by atoms with Crippen molar-refractivity contribution in [3.05, 3.63) is 0 Å². The molecular weight excluding hydrogens is 1220 g/mol. The molecule has 0 spiro atoms. The van der Waals surface area contributed by atoms with Crippen LogP contribution in [-0.2, 0) is 65.4 Å². The van der Waals surface area contributed by atoms with Gasteiger partial charge in [-0.05, 0) is 49.4 Å². The smallest absolute Gasteiger partial charge is 0.462 e. The number of esters is 4. The second kappa shape index (κ2) is 63.5. The average Bonchev–Trinajstić information content (AvgIpc) is 1.74. The number of hydrogen-bond acceptors (Lipinski definition) is 15. The summed E-state index contributed by atoms with van der Waals surface area (Å²) in [5.41, 5.74) is 0. The molecule has 19 heteroatoms. The minimum absolute atomic E-state index is 0.101. The number of rotatable bonds is 71. The SMILES string of the molecule is CCC(C)CCCCCCCCCCCCCCCCCCCCC(=O)O[C@H](COC(=O)CCCCCCCCCC(C)C)COP(=O)(O)OCC(O)COP(=O)(O)OC[C@@H](COC(=O)CCCCCCCCCCC(C)CC)OC(=O)CCCCCCCCC(C)C. The van der Waals surface area contributed by atoms with Gasteiger partial charge >= 0.3 is 39.5 Å². The van der Waals surface area contributed by atoms with Crippen LogP contribution in [0.1, 0.15) is 370 Å². The second-order valence-electron chi connectivity index (χ2n) is 28.1. The third-order valence-electron chi connectivity index (χ3n) is 17.8. The number of unbranched alkanes of at least 4 members (excludes halogenated alkanes) is 35. The molecular formula is C74H144O17P2. The largest absolute Gasteiger partial charge is 0.472 e. The van der Waals surface area contributed by atoms with E-state index in [-0.39, 0.29) is 25.7 Å². The maximum Gasteiger partial charge on any atom is 0.472 e. The van der Waals surface area contributed by atoms with Crippen molar-refractivity contribution in [2.24, 2.45) is 23.7 Å². The monoisotopic (exact) mass is 1370 g/mol. The maximum atomic E-state index is 13.0. The molecule has 0 aliphatic heterocycles. The number of ether oxygens (including phenoxy) is 4. The number of aliphatic hydroxyl groups is 1. The van der Waals surface area contributed by atoms with Crippen molar-refractivity contribution in [2.75, 3.05) is 39.6 Å². The van der Waals surface area contributed by atoms with Crippen LogP contribution in [0.25, 0.3) is 0 Å². The topological polar surface area (TPSA) is 237 Å². The fourth-order valence-electron chi connectivity index (χ4n) is 11.1. The third kappa shape index (κ3) is 65.8. The molecule has 0 aromatic rings. The number of aliphatic hydroxyl groups excluding tert-OH is 1. The molecule has 93 heavy (non-hydrogen) atoms. The Morgan fingerprint density at radius 1 is 0.301 bits per heavy atom. The molecule has 0 fully saturated rings. The molecule has 0 heterocycles. The number of hydrogen-bond donors (Lipinski definition) is 3. The summed E-state index contributed by atoms with van der Waals surface area (Å²) in [6.45, 7) is 14.1. The highest BCUT2D eigenvalue weighted by Gasteiger charge is 2.30. The molecule has 3 N–H and O–H groups in total. The molecule has 0 aliphatic rings. The molecule has 0 aromatic heterocycles. The van der Waals surface area contributed by atoms with Gasteiger partial charge in [-0.25, -0.2) is 9.13 Å². The zero-order valence-corrected chi connectivity index (χ0v) is 62.7. The summed E-state index contributed by atoms with van der Waals surface area (Å²) in [5, 5.41) is 10.6. The van der Waals surface area contributed by atoms with E-state index in [1.807, 2.05) is 0 Å². The molecule has 7 atom stereocenters. The van der Waals surface area contributed by atoms with E-state index in [4.69, 9.17) is 37.0 Å². The summed E-state index contributed by atoms with van der Waals surface area (Å²) in [7, 11) is -9.91. The molecule has 0 aromatic carbocycles. The van der Waals surface area contributed by atoms with E-state index in [2.05, 4.69) is 55.4 Å². The Balaban J connectivity index is 5.14. The van der Waals surface area contributed by atoms with E-state index in [0.29, 0.717) is 37.5 Å². The fourth-order valence-corrected chi connectivity index (χ4v) is 12.7. The molecule has 5 unspecified atom stereocenters. The number of phosphoric acid groups is 2. The van der Waals surface area contributed by atoms with Crippen LogP contribution in [0.15, 0.2) is 0 Å². The van der Waals surface area contributed by atoms with Gasteiger partial charge in [-0.2, -0.15) is 0 Å². The third-order valence-corrected chi connectivity index (χ3v) is 19.7. The maximum absolute atomic E-state index is 13.0. The van der Waals surface area contributed by atoms with Crippen molar-refractivity contribution >= 4 is 39.5 Å². The van der Waals surface area contributed by atoms with Gasteiger partial charge in [0.2, 0.25) is 0 Å². The van der Waals surface area contributed by atoms with Gasteiger partial charge < -0.3 is 33.8 Å². The van der Waals surface area contributed by atoms with Crippen LogP contribution in [0.4, 0.5) is 0 Å². The molecule has 0 rings (SSSR count). The Hall–Kier alpha value is -1.94. The van der Waals surface area contributed by atoms with Crippen LogP contribution in [0.5, 0.6) is 0 Å². The molecule has 0 radical (unpaired) electrons. The molecule has 0 saturated carbocycles. The lowest BCUT2D eigenvalue weighted by Crippen LogP contribution is -2.30. The minimum Gasteiger partial charge on any atom is -0.462 e. The van der Waals surface area contributed by atoms with E-state index >= 15 is 0 Å². The van der Waals surface area contributed by atoms with Crippen LogP contribution in [-0.4, -0.2) is 96.7 Å². The Kier molecular flexibility index (Phi) is 62.2. The van der Waals surface area contributed by atoms with Crippen molar-refractivity contribution in [2.45, 2.75) is 388 Å². The number of carbonyl (C=O) groups is 4.